The Balaban J connectivity index is 1.57. The second-order valence-electron chi connectivity index (χ2n) is 3.91. The minimum absolute atomic E-state index is 0.299. The molecule has 0 fully saturated rings. The molecule has 0 saturated heterocycles. The van der Waals surface area contributed by atoms with E-state index < -0.39 is 0 Å². The van der Waals surface area contributed by atoms with Crippen molar-refractivity contribution in [3.05, 3.63) is 23.8 Å². The first kappa shape index (κ1) is 10.7. The van der Waals surface area contributed by atoms with Crippen LogP contribution in [0.2, 0.25) is 0 Å². The lowest BCUT2D eigenvalue weighted by molar-refractivity contribution is 0.174. The van der Waals surface area contributed by atoms with Crippen molar-refractivity contribution in [3.8, 4) is 11.5 Å². The van der Waals surface area contributed by atoms with Gasteiger partial charge in [0.15, 0.2) is 11.5 Å². The van der Waals surface area contributed by atoms with Crippen molar-refractivity contribution < 1.29 is 9.47 Å². The normalized spacial score (nSPS) is 12.7. The number of benzene rings is 1. The molecule has 0 aliphatic carbocycles. The summed E-state index contributed by atoms with van der Waals surface area (Å²) < 4.78 is 10.6. The number of nitrogens with zero attached hydrogens (tertiary/aromatic N) is 2. The van der Waals surface area contributed by atoms with Gasteiger partial charge in [0.1, 0.15) is 0 Å². The van der Waals surface area contributed by atoms with Gasteiger partial charge in [-0.2, -0.15) is 4.98 Å². The Morgan fingerprint density at radius 2 is 2.22 bits per heavy atom. The average molecular weight is 247 g/mol. The Kier molecular flexibility index (Phi) is 2.64. The minimum Gasteiger partial charge on any atom is -0.454 e. The SMILES string of the molecule is Nc1nc(NCCc2ccc3c(c2)OCO3)n[nH]1. The number of anilines is 2. The molecule has 1 aromatic heterocycles. The van der Waals surface area contributed by atoms with Gasteiger partial charge in [0, 0.05) is 6.54 Å². The maximum Gasteiger partial charge on any atom is 0.243 e. The van der Waals surface area contributed by atoms with E-state index in [1.807, 2.05) is 18.2 Å². The van der Waals surface area contributed by atoms with Gasteiger partial charge in [0.05, 0.1) is 0 Å². The third-order valence-electron chi connectivity index (χ3n) is 2.64. The van der Waals surface area contributed by atoms with Gasteiger partial charge in [0.2, 0.25) is 18.7 Å². The van der Waals surface area contributed by atoms with Crippen LogP contribution < -0.4 is 20.5 Å². The molecule has 1 aliphatic heterocycles. The van der Waals surface area contributed by atoms with E-state index in [-0.39, 0.29) is 0 Å². The number of ether oxygens (including phenoxy) is 2. The molecular weight excluding hydrogens is 234 g/mol. The van der Waals surface area contributed by atoms with Crippen LogP contribution in [0.1, 0.15) is 5.56 Å². The summed E-state index contributed by atoms with van der Waals surface area (Å²) >= 11 is 0. The molecular formula is C11H13N5O2. The van der Waals surface area contributed by atoms with E-state index in [0.717, 1.165) is 30.0 Å². The lowest BCUT2D eigenvalue weighted by atomic mass is 10.1. The molecule has 0 atom stereocenters. The summed E-state index contributed by atoms with van der Waals surface area (Å²) in [6.45, 7) is 1.02. The second kappa shape index (κ2) is 4.44. The van der Waals surface area contributed by atoms with Crippen LogP contribution in [0, 0.1) is 0 Å². The fourth-order valence-corrected chi connectivity index (χ4v) is 1.77. The number of fused-ring (bicyclic) bond motifs is 1. The number of hydrogen-bond donors (Lipinski definition) is 3. The summed E-state index contributed by atoms with van der Waals surface area (Å²) in [5.74, 6) is 2.41. The molecule has 7 heteroatoms. The highest BCUT2D eigenvalue weighted by atomic mass is 16.7. The topological polar surface area (TPSA) is 98.1 Å². The van der Waals surface area contributed by atoms with E-state index in [9.17, 15) is 0 Å². The highest BCUT2D eigenvalue weighted by Gasteiger charge is 2.12. The van der Waals surface area contributed by atoms with Crippen LogP contribution in [0.5, 0.6) is 11.5 Å². The fraction of sp³-hybridized carbons (Fsp3) is 0.273. The summed E-state index contributed by atoms with van der Waals surface area (Å²) in [6, 6.07) is 5.92. The highest BCUT2D eigenvalue weighted by molar-refractivity contribution is 5.44. The Morgan fingerprint density at radius 3 is 3.06 bits per heavy atom. The number of hydrogen-bond acceptors (Lipinski definition) is 6. The fourth-order valence-electron chi connectivity index (χ4n) is 1.77. The summed E-state index contributed by atoms with van der Waals surface area (Å²) in [6.07, 6.45) is 0.838. The molecule has 7 nitrogen and oxygen atoms in total. The van der Waals surface area contributed by atoms with Gasteiger partial charge in [-0.1, -0.05) is 6.07 Å². The van der Waals surface area contributed by atoms with E-state index in [0.29, 0.717) is 18.7 Å². The molecule has 1 aromatic carbocycles. The average Bonchev–Trinajstić information content (AvgIpc) is 2.97. The van der Waals surface area contributed by atoms with E-state index in [2.05, 4.69) is 20.5 Å². The van der Waals surface area contributed by atoms with Gasteiger partial charge < -0.3 is 20.5 Å². The first-order chi connectivity index (χ1) is 8.81. The number of rotatable bonds is 4. The molecule has 2 heterocycles. The van der Waals surface area contributed by atoms with Gasteiger partial charge in [-0.3, -0.25) is 0 Å². The monoisotopic (exact) mass is 247 g/mol. The predicted molar refractivity (Wildman–Crippen MR) is 65.6 cm³/mol. The summed E-state index contributed by atoms with van der Waals surface area (Å²) in [5, 5.41) is 9.53. The third kappa shape index (κ3) is 2.15. The Labute approximate surface area is 103 Å². The summed E-state index contributed by atoms with van der Waals surface area (Å²) in [4.78, 5) is 3.96. The van der Waals surface area contributed by atoms with Crippen molar-refractivity contribution in [2.75, 3.05) is 24.4 Å². The van der Waals surface area contributed by atoms with Crippen molar-refractivity contribution in [1.82, 2.24) is 15.2 Å². The van der Waals surface area contributed by atoms with Gasteiger partial charge in [-0.05, 0) is 24.1 Å². The van der Waals surface area contributed by atoms with Crippen LogP contribution in [0.15, 0.2) is 18.2 Å². The van der Waals surface area contributed by atoms with E-state index in [1.54, 1.807) is 0 Å². The molecule has 3 rings (SSSR count). The Morgan fingerprint density at radius 1 is 1.33 bits per heavy atom. The standard InChI is InChI=1S/C11H13N5O2/c12-10-14-11(16-15-10)13-4-3-7-1-2-8-9(5-7)18-6-17-8/h1-2,5H,3-4,6H2,(H4,12,13,14,15,16). The molecule has 18 heavy (non-hydrogen) atoms. The van der Waals surface area contributed by atoms with Crippen LogP contribution in [0.25, 0.3) is 0 Å². The van der Waals surface area contributed by atoms with Crippen LogP contribution in [-0.4, -0.2) is 28.5 Å². The minimum atomic E-state index is 0.299. The van der Waals surface area contributed by atoms with Gasteiger partial charge in [0.25, 0.3) is 0 Å². The molecule has 4 N–H and O–H groups in total. The zero-order valence-electron chi connectivity index (χ0n) is 9.64. The lowest BCUT2D eigenvalue weighted by Crippen LogP contribution is -2.06. The first-order valence-corrected chi connectivity index (χ1v) is 5.61. The molecule has 2 aromatic rings. The van der Waals surface area contributed by atoms with E-state index >= 15 is 0 Å². The van der Waals surface area contributed by atoms with E-state index in [1.165, 1.54) is 0 Å². The number of H-pyrrole nitrogens is 1. The predicted octanol–water partition coefficient (Wildman–Crippen LogP) is 0.770. The molecule has 1 aliphatic rings. The molecule has 94 valence electrons. The molecule has 0 amide bonds. The molecule has 0 unspecified atom stereocenters. The second-order valence-corrected chi connectivity index (χ2v) is 3.91. The maximum absolute atomic E-state index is 5.42. The molecule has 0 saturated carbocycles. The Hall–Kier alpha value is -2.44. The van der Waals surface area contributed by atoms with Crippen molar-refractivity contribution in [1.29, 1.82) is 0 Å². The van der Waals surface area contributed by atoms with Crippen LogP contribution in [0.3, 0.4) is 0 Å². The highest BCUT2D eigenvalue weighted by Crippen LogP contribution is 2.32. The van der Waals surface area contributed by atoms with Crippen molar-refractivity contribution in [2.45, 2.75) is 6.42 Å². The largest absolute Gasteiger partial charge is 0.454 e. The zero-order valence-corrected chi connectivity index (χ0v) is 9.64. The lowest BCUT2D eigenvalue weighted by Gasteiger charge is -2.03. The van der Waals surface area contributed by atoms with Crippen molar-refractivity contribution in [2.24, 2.45) is 0 Å². The molecule has 0 radical (unpaired) electrons. The number of aromatic amines is 1. The summed E-state index contributed by atoms with van der Waals surface area (Å²) in [5.41, 5.74) is 6.59. The number of nitrogens with two attached hydrogens (primary N) is 1. The van der Waals surface area contributed by atoms with Crippen LogP contribution >= 0.6 is 0 Å². The van der Waals surface area contributed by atoms with Crippen LogP contribution in [0.4, 0.5) is 11.9 Å². The van der Waals surface area contributed by atoms with Crippen molar-refractivity contribution in [3.63, 3.8) is 0 Å². The first-order valence-electron chi connectivity index (χ1n) is 5.61. The molecule has 0 spiro atoms. The van der Waals surface area contributed by atoms with Gasteiger partial charge in [-0.25, -0.2) is 5.10 Å². The Bertz CT molecular complexity index is 554. The maximum atomic E-state index is 5.42. The van der Waals surface area contributed by atoms with Crippen LogP contribution in [-0.2, 0) is 6.42 Å². The van der Waals surface area contributed by atoms with E-state index in [4.69, 9.17) is 15.2 Å². The number of nitrogen functional groups attached to an aromatic ring is 1. The summed E-state index contributed by atoms with van der Waals surface area (Å²) in [7, 11) is 0. The zero-order chi connectivity index (χ0) is 12.4. The quantitative estimate of drug-likeness (QED) is 0.738. The van der Waals surface area contributed by atoms with Gasteiger partial charge >= 0.3 is 0 Å². The smallest absolute Gasteiger partial charge is 0.243 e. The van der Waals surface area contributed by atoms with Crippen molar-refractivity contribution >= 4 is 11.9 Å². The molecule has 0 bridgehead atoms. The number of aromatic nitrogens is 3. The number of nitrogens with one attached hydrogen (secondary N) is 2. The third-order valence-corrected chi connectivity index (χ3v) is 2.64. The van der Waals surface area contributed by atoms with Gasteiger partial charge in [-0.15, -0.1) is 5.10 Å².